The Morgan fingerprint density at radius 3 is 2.45 bits per heavy atom. The van der Waals surface area contributed by atoms with Gasteiger partial charge in [0.05, 0.1) is 5.56 Å². The monoisotopic (exact) mass is 430 g/mol. The number of nitrogens with zero attached hydrogens (tertiary/aromatic N) is 3. The summed E-state index contributed by atoms with van der Waals surface area (Å²) < 4.78 is 47.3. The van der Waals surface area contributed by atoms with Gasteiger partial charge in [-0.3, -0.25) is 4.90 Å². The van der Waals surface area contributed by atoms with E-state index >= 15 is 0 Å². The summed E-state index contributed by atoms with van der Waals surface area (Å²) >= 11 is 0. The van der Waals surface area contributed by atoms with Crippen LogP contribution >= 0.6 is 0 Å². The number of benzene rings is 2. The van der Waals surface area contributed by atoms with Gasteiger partial charge in [-0.25, -0.2) is 0 Å². The van der Waals surface area contributed by atoms with E-state index in [0.717, 1.165) is 45.0 Å². The predicted octanol–water partition coefficient (Wildman–Crippen LogP) is 4.75. The molecule has 1 saturated heterocycles. The molecule has 164 valence electrons. The SMILES string of the molecule is COC1(c2cc(C(F)(F)F)cc3n[nH]nc23)C2CCCC1CN(Cc1ccccc1)C2. The van der Waals surface area contributed by atoms with E-state index in [2.05, 4.69) is 32.4 Å². The van der Waals surface area contributed by atoms with Gasteiger partial charge in [-0.05, 0) is 30.5 Å². The smallest absolute Gasteiger partial charge is 0.373 e. The van der Waals surface area contributed by atoms with Gasteiger partial charge in [0.1, 0.15) is 16.6 Å². The summed E-state index contributed by atoms with van der Waals surface area (Å²) in [4.78, 5) is 2.41. The second-order valence-electron chi connectivity index (χ2n) is 8.71. The molecule has 5 nitrogen and oxygen atoms in total. The van der Waals surface area contributed by atoms with Crippen LogP contribution < -0.4 is 0 Å². The lowest BCUT2D eigenvalue weighted by Crippen LogP contribution is -2.58. The first kappa shape index (κ1) is 20.5. The van der Waals surface area contributed by atoms with Gasteiger partial charge in [0.2, 0.25) is 0 Å². The minimum Gasteiger partial charge on any atom is -0.373 e. The average Bonchev–Trinajstić information content (AvgIpc) is 3.21. The summed E-state index contributed by atoms with van der Waals surface area (Å²) in [5, 5.41) is 10.7. The zero-order chi connectivity index (χ0) is 21.6. The number of methoxy groups -OCH3 is 1. The van der Waals surface area contributed by atoms with Crippen molar-refractivity contribution in [3.63, 3.8) is 0 Å². The standard InChI is InChI=1S/C23H25F3N4O/c1-31-22(19-10-18(23(24,25)26)11-20-21(19)28-29-27-20)16-8-5-9-17(22)14-30(13-16)12-15-6-3-2-4-7-15/h2-4,6-7,10-11,16-17H,5,8-9,12-14H2,1H3,(H,27,28,29). The zero-order valence-electron chi connectivity index (χ0n) is 17.3. The summed E-state index contributed by atoms with van der Waals surface area (Å²) in [5.74, 6) is 0.161. The molecule has 2 aliphatic rings. The maximum atomic E-state index is 13.7. The summed E-state index contributed by atoms with van der Waals surface area (Å²) in [7, 11) is 1.63. The van der Waals surface area contributed by atoms with Gasteiger partial charge in [-0.15, -0.1) is 0 Å². The van der Waals surface area contributed by atoms with Crippen molar-refractivity contribution < 1.29 is 17.9 Å². The van der Waals surface area contributed by atoms with Crippen molar-refractivity contribution in [2.24, 2.45) is 11.8 Å². The summed E-state index contributed by atoms with van der Waals surface area (Å²) in [5.41, 5.74) is 0.951. The molecule has 1 N–H and O–H groups in total. The molecule has 1 aromatic heterocycles. The number of nitrogens with one attached hydrogen (secondary N) is 1. The molecule has 2 aromatic carbocycles. The molecule has 0 amide bonds. The molecule has 2 atom stereocenters. The van der Waals surface area contributed by atoms with Crippen LogP contribution in [0, 0.1) is 11.8 Å². The zero-order valence-corrected chi connectivity index (χ0v) is 17.3. The number of aromatic nitrogens is 3. The minimum absolute atomic E-state index is 0.0806. The van der Waals surface area contributed by atoms with E-state index in [9.17, 15) is 13.2 Å². The lowest BCUT2D eigenvalue weighted by atomic mass is 9.62. The van der Waals surface area contributed by atoms with Crippen molar-refractivity contribution in [2.75, 3.05) is 20.2 Å². The molecule has 8 heteroatoms. The molecule has 0 spiro atoms. The second kappa shape index (κ2) is 7.60. The van der Waals surface area contributed by atoms with Crippen molar-refractivity contribution in [3.8, 4) is 0 Å². The Hall–Kier alpha value is -2.45. The van der Waals surface area contributed by atoms with Crippen LogP contribution in [0.3, 0.4) is 0 Å². The minimum atomic E-state index is -4.46. The maximum Gasteiger partial charge on any atom is 0.416 e. The highest BCUT2D eigenvalue weighted by atomic mass is 19.4. The van der Waals surface area contributed by atoms with Gasteiger partial charge in [0.25, 0.3) is 0 Å². The van der Waals surface area contributed by atoms with Gasteiger partial charge >= 0.3 is 6.18 Å². The maximum absolute atomic E-state index is 13.7. The predicted molar refractivity (Wildman–Crippen MR) is 110 cm³/mol. The van der Waals surface area contributed by atoms with Gasteiger partial charge in [-0.2, -0.15) is 28.6 Å². The number of piperidine rings is 1. The van der Waals surface area contributed by atoms with Crippen LogP contribution in [-0.4, -0.2) is 40.5 Å². The average molecular weight is 430 g/mol. The van der Waals surface area contributed by atoms with Crippen LogP contribution in [0.15, 0.2) is 42.5 Å². The third-order valence-electron chi connectivity index (χ3n) is 7.03. The van der Waals surface area contributed by atoms with Gasteiger partial charge in [-0.1, -0.05) is 36.8 Å². The van der Waals surface area contributed by atoms with Gasteiger partial charge < -0.3 is 4.74 Å². The second-order valence-corrected chi connectivity index (χ2v) is 8.71. The Morgan fingerprint density at radius 1 is 1.10 bits per heavy atom. The van der Waals surface area contributed by atoms with Crippen molar-refractivity contribution in [1.29, 1.82) is 0 Å². The number of fused-ring (bicyclic) bond motifs is 3. The molecule has 2 bridgehead atoms. The highest BCUT2D eigenvalue weighted by molar-refractivity contribution is 5.80. The number of rotatable bonds is 4. The fourth-order valence-corrected chi connectivity index (χ4v) is 5.79. The van der Waals surface area contributed by atoms with E-state index in [1.165, 1.54) is 11.6 Å². The Bertz CT molecular complexity index is 1050. The Kier molecular flexibility index (Phi) is 5.01. The number of halogens is 3. The Balaban J connectivity index is 1.57. The molecule has 2 fully saturated rings. The van der Waals surface area contributed by atoms with E-state index in [-0.39, 0.29) is 17.4 Å². The molecule has 2 unspecified atom stereocenters. The number of hydrogen-bond acceptors (Lipinski definition) is 4. The third-order valence-corrected chi connectivity index (χ3v) is 7.03. The summed E-state index contributed by atoms with van der Waals surface area (Å²) in [6, 6.07) is 12.6. The number of aromatic amines is 1. The van der Waals surface area contributed by atoms with Crippen LogP contribution in [0.25, 0.3) is 11.0 Å². The molecule has 31 heavy (non-hydrogen) atoms. The molecule has 5 rings (SSSR count). The molecule has 0 radical (unpaired) electrons. The number of hydrogen-bond donors (Lipinski definition) is 1. The lowest BCUT2D eigenvalue weighted by Gasteiger charge is -2.55. The highest BCUT2D eigenvalue weighted by Gasteiger charge is 2.54. The van der Waals surface area contributed by atoms with Crippen molar-refractivity contribution in [1.82, 2.24) is 20.3 Å². The fourth-order valence-electron chi connectivity index (χ4n) is 5.79. The van der Waals surface area contributed by atoms with Crippen LogP contribution in [0.2, 0.25) is 0 Å². The van der Waals surface area contributed by atoms with Gasteiger partial charge in [0, 0.05) is 44.1 Å². The molecule has 1 aliphatic carbocycles. The largest absolute Gasteiger partial charge is 0.416 e. The molecule has 1 saturated carbocycles. The molecule has 3 aromatic rings. The number of likely N-dealkylation sites (tertiary alicyclic amines) is 1. The van der Waals surface area contributed by atoms with E-state index in [1.807, 2.05) is 18.2 Å². The molecule has 2 heterocycles. The van der Waals surface area contributed by atoms with E-state index in [0.29, 0.717) is 11.1 Å². The lowest BCUT2D eigenvalue weighted by molar-refractivity contribution is -0.170. The first-order valence-corrected chi connectivity index (χ1v) is 10.7. The molecule has 1 aliphatic heterocycles. The third kappa shape index (κ3) is 3.42. The van der Waals surface area contributed by atoms with Crippen LogP contribution in [0.4, 0.5) is 13.2 Å². The quantitative estimate of drug-likeness (QED) is 0.649. The van der Waals surface area contributed by atoms with Crippen molar-refractivity contribution >= 4 is 11.0 Å². The normalized spacial score (nSPS) is 27.0. The number of ether oxygens (including phenoxy) is 1. The number of H-pyrrole nitrogens is 1. The van der Waals surface area contributed by atoms with Crippen LogP contribution in [0.1, 0.15) is 36.0 Å². The first-order chi connectivity index (χ1) is 14.9. The van der Waals surface area contributed by atoms with Crippen LogP contribution in [-0.2, 0) is 23.1 Å². The van der Waals surface area contributed by atoms with Crippen LogP contribution in [0.5, 0.6) is 0 Å². The number of alkyl halides is 3. The topological polar surface area (TPSA) is 54.0 Å². The summed E-state index contributed by atoms with van der Waals surface area (Å²) in [6.07, 6.45) is -1.59. The fraction of sp³-hybridized carbons (Fsp3) is 0.478. The molecular formula is C23H25F3N4O. The van der Waals surface area contributed by atoms with E-state index < -0.39 is 17.3 Å². The Morgan fingerprint density at radius 2 is 1.81 bits per heavy atom. The Labute approximate surface area is 178 Å². The summed E-state index contributed by atoms with van der Waals surface area (Å²) in [6.45, 7) is 2.37. The van der Waals surface area contributed by atoms with E-state index in [4.69, 9.17) is 4.74 Å². The van der Waals surface area contributed by atoms with E-state index in [1.54, 1.807) is 7.11 Å². The molecular weight excluding hydrogens is 405 g/mol. The highest BCUT2D eigenvalue weighted by Crippen LogP contribution is 2.53. The van der Waals surface area contributed by atoms with Crippen molar-refractivity contribution in [3.05, 3.63) is 59.2 Å². The van der Waals surface area contributed by atoms with Crippen molar-refractivity contribution in [2.45, 2.75) is 37.6 Å². The first-order valence-electron chi connectivity index (χ1n) is 10.7. The van der Waals surface area contributed by atoms with Gasteiger partial charge in [0.15, 0.2) is 0 Å².